The Labute approximate surface area is 156 Å². The molecule has 1 aliphatic rings. The molecule has 2 unspecified atom stereocenters. The van der Waals surface area contributed by atoms with Crippen LogP contribution < -0.4 is 15.5 Å². The van der Waals surface area contributed by atoms with Gasteiger partial charge in [0.25, 0.3) is 0 Å². The van der Waals surface area contributed by atoms with E-state index in [0.717, 1.165) is 36.6 Å². The van der Waals surface area contributed by atoms with Gasteiger partial charge < -0.3 is 15.5 Å². The number of hydrogen-bond donors (Lipinski definition) is 2. The van der Waals surface area contributed by atoms with Crippen LogP contribution in [0, 0.1) is 5.92 Å². The molecule has 0 radical (unpaired) electrons. The van der Waals surface area contributed by atoms with Crippen LogP contribution in [-0.4, -0.2) is 38.6 Å². The van der Waals surface area contributed by atoms with Gasteiger partial charge in [0.2, 0.25) is 5.91 Å². The molecule has 0 bridgehead atoms. The minimum absolute atomic E-state index is 0. The monoisotopic (exact) mass is 381 g/mol. The number of carbonyl (C=O) groups excluding carboxylic acids is 1. The number of para-hydroxylation sites is 1. The maximum absolute atomic E-state index is 12.1. The molecule has 1 aliphatic heterocycles. The highest BCUT2D eigenvalue weighted by Crippen LogP contribution is 2.27. The second-order valence-electron chi connectivity index (χ2n) is 5.70. The van der Waals surface area contributed by atoms with Crippen LogP contribution in [0.15, 0.2) is 24.3 Å². The first-order chi connectivity index (χ1) is 10.1. The summed E-state index contributed by atoms with van der Waals surface area (Å²) in [6, 6.07) is 8.08. The number of rotatable bonds is 5. The fourth-order valence-corrected chi connectivity index (χ4v) is 3.02. The average Bonchev–Trinajstić information content (AvgIpc) is 2.48. The van der Waals surface area contributed by atoms with Crippen molar-refractivity contribution in [2.45, 2.75) is 25.8 Å². The van der Waals surface area contributed by atoms with E-state index < -0.39 is 0 Å². The van der Waals surface area contributed by atoms with Crippen molar-refractivity contribution in [1.29, 1.82) is 0 Å². The maximum Gasteiger partial charge on any atom is 0.224 e. The number of anilines is 1. The number of hydrogen-bond acceptors (Lipinski definition) is 3. The van der Waals surface area contributed by atoms with Crippen LogP contribution in [0.2, 0.25) is 5.02 Å². The first kappa shape index (κ1) is 22.3. The lowest BCUT2D eigenvalue weighted by molar-refractivity contribution is -0.125. The minimum Gasteiger partial charge on any atom is -0.368 e. The van der Waals surface area contributed by atoms with Crippen molar-refractivity contribution in [3.8, 4) is 0 Å². The van der Waals surface area contributed by atoms with E-state index in [0.29, 0.717) is 6.54 Å². The van der Waals surface area contributed by atoms with Gasteiger partial charge in [-0.1, -0.05) is 30.7 Å². The number of benzene rings is 1. The third-order valence-corrected chi connectivity index (χ3v) is 4.24. The van der Waals surface area contributed by atoms with Gasteiger partial charge in [-0.3, -0.25) is 4.79 Å². The van der Waals surface area contributed by atoms with E-state index in [1.165, 1.54) is 0 Å². The Morgan fingerprint density at radius 3 is 2.74 bits per heavy atom. The SMILES string of the molecule is CNCC(C)C(=O)NC1CCCN(c2ccccc2Cl)C1.Cl.Cl. The molecule has 0 spiro atoms. The Balaban J connectivity index is 0.00000242. The van der Waals surface area contributed by atoms with Crippen LogP contribution in [0.1, 0.15) is 19.8 Å². The molecular weight excluding hydrogens is 357 g/mol. The van der Waals surface area contributed by atoms with Gasteiger partial charge in [0.1, 0.15) is 0 Å². The van der Waals surface area contributed by atoms with Gasteiger partial charge in [-0.15, -0.1) is 24.8 Å². The summed E-state index contributed by atoms with van der Waals surface area (Å²) >= 11 is 6.27. The molecule has 4 nitrogen and oxygen atoms in total. The Morgan fingerprint density at radius 2 is 2.09 bits per heavy atom. The van der Waals surface area contributed by atoms with E-state index in [1.54, 1.807) is 0 Å². The first-order valence-corrected chi connectivity index (χ1v) is 7.94. The molecule has 23 heavy (non-hydrogen) atoms. The topological polar surface area (TPSA) is 44.4 Å². The predicted molar refractivity (Wildman–Crippen MR) is 102 cm³/mol. The van der Waals surface area contributed by atoms with Crippen LogP contribution in [0.25, 0.3) is 0 Å². The molecule has 132 valence electrons. The standard InChI is InChI=1S/C16H24ClN3O.2ClH/c1-12(10-18-2)16(21)19-13-6-5-9-20(11-13)15-8-4-3-7-14(15)17;;/h3-4,7-8,12-13,18H,5-6,9-11H2,1-2H3,(H,19,21);2*1H. The molecule has 0 saturated carbocycles. The van der Waals surface area contributed by atoms with Crippen molar-refractivity contribution in [2.24, 2.45) is 5.92 Å². The normalized spacial score (nSPS) is 18.4. The highest BCUT2D eigenvalue weighted by atomic mass is 35.5. The highest BCUT2D eigenvalue weighted by Gasteiger charge is 2.24. The van der Waals surface area contributed by atoms with Crippen molar-refractivity contribution >= 4 is 48.0 Å². The van der Waals surface area contributed by atoms with Gasteiger partial charge in [0.05, 0.1) is 10.7 Å². The van der Waals surface area contributed by atoms with E-state index >= 15 is 0 Å². The zero-order valence-corrected chi connectivity index (χ0v) is 15.9. The van der Waals surface area contributed by atoms with E-state index in [2.05, 4.69) is 15.5 Å². The Hall–Kier alpha value is -0.680. The van der Waals surface area contributed by atoms with Crippen molar-refractivity contribution in [2.75, 3.05) is 31.6 Å². The van der Waals surface area contributed by atoms with E-state index in [9.17, 15) is 4.79 Å². The minimum atomic E-state index is -0.00862. The summed E-state index contributed by atoms with van der Waals surface area (Å²) < 4.78 is 0. The van der Waals surface area contributed by atoms with E-state index in [1.807, 2.05) is 38.2 Å². The molecule has 1 fully saturated rings. The maximum atomic E-state index is 12.1. The summed E-state index contributed by atoms with van der Waals surface area (Å²) in [4.78, 5) is 14.4. The molecule has 1 aromatic rings. The van der Waals surface area contributed by atoms with Crippen LogP contribution >= 0.6 is 36.4 Å². The quantitative estimate of drug-likeness (QED) is 0.822. The average molecular weight is 383 g/mol. The second kappa shape index (κ2) is 11.0. The van der Waals surface area contributed by atoms with Crippen LogP contribution in [0.4, 0.5) is 5.69 Å². The Bertz CT molecular complexity index is 487. The Kier molecular flexibility index (Phi) is 10.7. The largest absolute Gasteiger partial charge is 0.368 e. The lowest BCUT2D eigenvalue weighted by atomic mass is 10.0. The van der Waals surface area contributed by atoms with Crippen molar-refractivity contribution < 1.29 is 4.79 Å². The van der Waals surface area contributed by atoms with Gasteiger partial charge in [-0.25, -0.2) is 0 Å². The number of carbonyl (C=O) groups is 1. The van der Waals surface area contributed by atoms with Gasteiger partial charge in [-0.05, 0) is 32.0 Å². The van der Waals surface area contributed by atoms with Crippen molar-refractivity contribution in [1.82, 2.24) is 10.6 Å². The summed E-state index contributed by atoms with van der Waals surface area (Å²) in [5.74, 6) is 0.112. The molecule has 7 heteroatoms. The molecule has 2 atom stereocenters. The number of nitrogens with one attached hydrogen (secondary N) is 2. The molecular formula is C16H26Cl3N3O. The molecule has 0 aromatic heterocycles. The number of amides is 1. The fourth-order valence-electron chi connectivity index (χ4n) is 2.76. The Morgan fingerprint density at radius 1 is 1.39 bits per heavy atom. The zero-order chi connectivity index (χ0) is 15.2. The number of piperidine rings is 1. The van der Waals surface area contributed by atoms with Crippen LogP contribution in [-0.2, 0) is 4.79 Å². The highest BCUT2D eigenvalue weighted by molar-refractivity contribution is 6.33. The number of nitrogens with zero attached hydrogens (tertiary/aromatic N) is 1. The lowest BCUT2D eigenvalue weighted by Gasteiger charge is -2.35. The second-order valence-corrected chi connectivity index (χ2v) is 6.11. The van der Waals surface area contributed by atoms with Gasteiger partial charge in [0, 0.05) is 31.6 Å². The zero-order valence-electron chi connectivity index (χ0n) is 13.5. The summed E-state index contributed by atoms with van der Waals surface area (Å²) in [5, 5.41) is 6.97. The third-order valence-electron chi connectivity index (χ3n) is 3.92. The van der Waals surface area contributed by atoms with Crippen molar-refractivity contribution in [3.05, 3.63) is 29.3 Å². The lowest BCUT2D eigenvalue weighted by Crippen LogP contribution is -2.49. The first-order valence-electron chi connectivity index (χ1n) is 7.56. The smallest absolute Gasteiger partial charge is 0.224 e. The molecule has 2 N–H and O–H groups in total. The molecule has 1 amide bonds. The molecule has 2 rings (SSSR count). The fraction of sp³-hybridized carbons (Fsp3) is 0.562. The summed E-state index contributed by atoms with van der Waals surface area (Å²) in [7, 11) is 1.86. The predicted octanol–water partition coefficient (Wildman–Crippen LogP) is 3.12. The molecule has 1 heterocycles. The molecule has 0 aliphatic carbocycles. The summed E-state index contributed by atoms with van der Waals surface area (Å²) in [6.45, 7) is 4.46. The van der Waals surface area contributed by atoms with Crippen molar-refractivity contribution in [3.63, 3.8) is 0 Å². The van der Waals surface area contributed by atoms with Crippen LogP contribution in [0.5, 0.6) is 0 Å². The van der Waals surface area contributed by atoms with Gasteiger partial charge in [0.15, 0.2) is 0 Å². The van der Waals surface area contributed by atoms with E-state index in [-0.39, 0.29) is 42.7 Å². The van der Waals surface area contributed by atoms with Gasteiger partial charge in [-0.2, -0.15) is 0 Å². The molecule has 1 saturated heterocycles. The summed E-state index contributed by atoms with van der Waals surface area (Å²) in [6.07, 6.45) is 2.09. The van der Waals surface area contributed by atoms with E-state index in [4.69, 9.17) is 11.6 Å². The molecule has 1 aromatic carbocycles. The van der Waals surface area contributed by atoms with Gasteiger partial charge >= 0.3 is 0 Å². The third kappa shape index (κ3) is 6.38. The number of halogens is 3. The van der Waals surface area contributed by atoms with Crippen LogP contribution in [0.3, 0.4) is 0 Å². The summed E-state index contributed by atoms with van der Waals surface area (Å²) in [5.41, 5.74) is 1.06.